The lowest BCUT2D eigenvalue weighted by atomic mass is 10.2. The SMILES string of the molecule is CCNC(=O)Oc1nc(Cl)nc2cc([N+](=O)[O-])c(F)cc12. The first-order chi connectivity index (χ1) is 9.92. The van der Waals surface area contributed by atoms with Crippen LogP contribution in [0.4, 0.5) is 14.9 Å². The molecule has 1 aromatic heterocycles. The Kier molecular flexibility index (Phi) is 4.13. The van der Waals surface area contributed by atoms with Crippen LogP contribution in [0.5, 0.6) is 5.88 Å². The molecule has 2 rings (SSSR count). The van der Waals surface area contributed by atoms with Crippen LogP contribution in [0.15, 0.2) is 12.1 Å². The van der Waals surface area contributed by atoms with Gasteiger partial charge in [0.1, 0.15) is 0 Å². The molecule has 0 unspecified atom stereocenters. The highest BCUT2D eigenvalue weighted by atomic mass is 35.5. The molecular formula is C11H8ClFN4O4. The van der Waals surface area contributed by atoms with Crippen molar-refractivity contribution < 1.29 is 18.8 Å². The fraction of sp³-hybridized carbons (Fsp3) is 0.182. The van der Waals surface area contributed by atoms with Gasteiger partial charge in [0.05, 0.1) is 15.8 Å². The van der Waals surface area contributed by atoms with Gasteiger partial charge in [-0.1, -0.05) is 0 Å². The van der Waals surface area contributed by atoms with E-state index in [0.29, 0.717) is 6.54 Å². The highest BCUT2D eigenvalue weighted by Gasteiger charge is 2.20. The van der Waals surface area contributed by atoms with E-state index in [1.54, 1.807) is 6.92 Å². The molecule has 0 radical (unpaired) electrons. The predicted molar refractivity (Wildman–Crippen MR) is 70.9 cm³/mol. The Morgan fingerprint density at radius 3 is 2.86 bits per heavy atom. The number of nitro groups is 1. The number of benzene rings is 1. The van der Waals surface area contributed by atoms with E-state index in [1.807, 2.05) is 0 Å². The van der Waals surface area contributed by atoms with Crippen LogP contribution in [-0.4, -0.2) is 27.5 Å². The van der Waals surface area contributed by atoms with Crippen molar-refractivity contribution in [3.8, 4) is 5.88 Å². The molecule has 2 aromatic rings. The van der Waals surface area contributed by atoms with E-state index < -0.39 is 22.5 Å². The summed E-state index contributed by atoms with van der Waals surface area (Å²) in [6, 6.07) is 1.71. The van der Waals surface area contributed by atoms with Crippen molar-refractivity contribution >= 4 is 34.3 Å². The predicted octanol–water partition coefficient (Wildman–Crippen LogP) is 2.44. The van der Waals surface area contributed by atoms with Crippen LogP contribution < -0.4 is 10.1 Å². The molecule has 0 aliphatic rings. The number of nitrogens with one attached hydrogen (secondary N) is 1. The van der Waals surface area contributed by atoms with Crippen molar-refractivity contribution in [2.75, 3.05) is 6.54 Å². The number of nitro benzene ring substituents is 1. The monoisotopic (exact) mass is 314 g/mol. The third-order valence-corrected chi connectivity index (χ3v) is 2.58. The zero-order chi connectivity index (χ0) is 15.6. The van der Waals surface area contributed by atoms with Crippen molar-refractivity contribution in [1.29, 1.82) is 0 Å². The number of ether oxygens (including phenoxy) is 1. The molecule has 0 aliphatic heterocycles. The Hall–Kier alpha value is -2.55. The summed E-state index contributed by atoms with van der Waals surface area (Å²) in [5.74, 6) is -1.39. The lowest BCUT2D eigenvalue weighted by Crippen LogP contribution is -2.26. The van der Waals surface area contributed by atoms with Gasteiger partial charge in [-0.25, -0.2) is 9.78 Å². The maximum atomic E-state index is 13.7. The van der Waals surface area contributed by atoms with Crippen molar-refractivity contribution in [3.05, 3.63) is 33.3 Å². The number of fused-ring (bicyclic) bond motifs is 1. The summed E-state index contributed by atoms with van der Waals surface area (Å²) >= 11 is 5.66. The number of carbonyl (C=O) groups excluding carboxylic acids is 1. The number of aromatic nitrogens is 2. The van der Waals surface area contributed by atoms with Crippen LogP contribution in [0.25, 0.3) is 10.9 Å². The minimum atomic E-state index is -1.10. The van der Waals surface area contributed by atoms with Gasteiger partial charge >= 0.3 is 11.8 Å². The van der Waals surface area contributed by atoms with Gasteiger partial charge in [-0.2, -0.15) is 9.37 Å². The van der Waals surface area contributed by atoms with Crippen molar-refractivity contribution in [1.82, 2.24) is 15.3 Å². The molecule has 10 heteroatoms. The van der Waals surface area contributed by atoms with Crippen LogP contribution in [0.1, 0.15) is 6.92 Å². The summed E-state index contributed by atoms with van der Waals surface area (Å²) in [5, 5.41) is 12.8. The van der Waals surface area contributed by atoms with E-state index >= 15 is 0 Å². The zero-order valence-electron chi connectivity index (χ0n) is 10.6. The summed E-state index contributed by atoms with van der Waals surface area (Å²) in [4.78, 5) is 28.6. The Labute approximate surface area is 122 Å². The lowest BCUT2D eigenvalue weighted by Gasteiger charge is -2.07. The van der Waals surface area contributed by atoms with Gasteiger partial charge in [0.15, 0.2) is 0 Å². The second-order valence-electron chi connectivity index (χ2n) is 3.80. The summed E-state index contributed by atoms with van der Waals surface area (Å²) in [6.07, 6.45) is -0.813. The zero-order valence-corrected chi connectivity index (χ0v) is 11.3. The molecule has 8 nitrogen and oxygen atoms in total. The molecule has 1 aromatic carbocycles. The lowest BCUT2D eigenvalue weighted by molar-refractivity contribution is -0.387. The van der Waals surface area contributed by atoms with Gasteiger partial charge in [-0.3, -0.25) is 10.1 Å². The first kappa shape index (κ1) is 14.9. The van der Waals surface area contributed by atoms with E-state index in [0.717, 1.165) is 12.1 Å². The van der Waals surface area contributed by atoms with Crippen LogP contribution in [-0.2, 0) is 0 Å². The Bertz CT molecular complexity index is 740. The Morgan fingerprint density at radius 1 is 1.52 bits per heavy atom. The summed E-state index contributed by atoms with van der Waals surface area (Å²) < 4.78 is 18.5. The molecule has 0 saturated carbocycles. The number of hydrogen-bond acceptors (Lipinski definition) is 6. The normalized spacial score (nSPS) is 10.4. The second-order valence-corrected chi connectivity index (χ2v) is 4.13. The van der Waals surface area contributed by atoms with E-state index in [9.17, 15) is 19.3 Å². The average Bonchev–Trinajstić information content (AvgIpc) is 2.38. The Balaban J connectivity index is 2.58. The molecule has 0 spiro atoms. The number of rotatable bonds is 3. The maximum absolute atomic E-state index is 13.7. The molecule has 0 bridgehead atoms. The third-order valence-electron chi connectivity index (χ3n) is 2.41. The summed E-state index contributed by atoms with van der Waals surface area (Å²) in [5.41, 5.74) is -0.774. The first-order valence-electron chi connectivity index (χ1n) is 5.69. The van der Waals surface area contributed by atoms with E-state index in [4.69, 9.17) is 16.3 Å². The summed E-state index contributed by atoms with van der Waals surface area (Å²) in [6.45, 7) is 1.99. The smallest absolute Gasteiger partial charge is 0.390 e. The molecule has 0 saturated heterocycles. The van der Waals surface area contributed by atoms with Gasteiger partial charge in [0, 0.05) is 12.6 Å². The molecule has 21 heavy (non-hydrogen) atoms. The van der Waals surface area contributed by atoms with Gasteiger partial charge in [-0.05, 0) is 24.6 Å². The van der Waals surface area contributed by atoms with Crippen LogP contribution in [0.2, 0.25) is 5.28 Å². The van der Waals surface area contributed by atoms with Gasteiger partial charge in [-0.15, -0.1) is 0 Å². The van der Waals surface area contributed by atoms with Crippen LogP contribution in [0.3, 0.4) is 0 Å². The average molecular weight is 315 g/mol. The van der Waals surface area contributed by atoms with Crippen LogP contribution in [0, 0.1) is 15.9 Å². The van der Waals surface area contributed by atoms with Crippen molar-refractivity contribution in [2.45, 2.75) is 6.92 Å². The molecular weight excluding hydrogens is 307 g/mol. The second kappa shape index (κ2) is 5.83. The van der Waals surface area contributed by atoms with Gasteiger partial charge < -0.3 is 10.1 Å². The minimum Gasteiger partial charge on any atom is -0.390 e. The van der Waals surface area contributed by atoms with Crippen LogP contribution >= 0.6 is 11.6 Å². The molecule has 1 N–H and O–H groups in total. The quantitative estimate of drug-likeness (QED) is 0.529. The first-order valence-corrected chi connectivity index (χ1v) is 6.07. The number of halogens is 2. The number of nitrogens with zero attached hydrogens (tertiary/aromatic N) is 3. The number of hydrogen-bond donors (Lipinski definition) is 1. The fourth-order valence-electron chi connectivity index (χ4n) is 1.57. The van der Waals surface area contributed by atoms with E-state index in [2.05, 4.69) is 15.3 Å². The molecule has 0 fully saturated rings. The molecule has 1 heterocycles. The fourth-order valence-corrected chi connectivity index (χ4v) is 1.74. The maximum Gasteiger partial charge on any atom is 0.413 e. The van der Waals surface area contributed by atoms with Gasteiger partial charge in [0.25, 0.3) is 0 Å². The topological polar surface area (TPSA) is 107 Å². The number of carbonyl (C=O) groups is 1. The summed E-state index contributed by atoms with van der Waals surface area (Å²) in [7, 11) is 0. The number of amides is 1. The molecule has 1 amide bonds. The molecule has 110 valence electrons. The third kappa shape index (κ3) is 3.14. The largest absolute Gasteiger partial charge is 0.413 e. The molecule has 0 aliphatic carbocycles. The van der Waals surface area contributed by atoms with Crippen molar-refractivity contribution in [3.63, 3.8) is 0 Å². The molecule has 0 atom stereocenters. The van der Waals surface area contributed by atoms with E-state index in [1.165, 1.54) is 0 Å². The van der Waals surface area contributed by atoms with Gasteiger partial charge in [0.2, 0.25) is 17.0 Å². The Morgan fingerprint density at radius 2 is 2.24 bits per heavy atom. The highest BCUT2D eigenvalue weighted by molar-refractivity contribution is 6.28. The highest BCUT2D eigenvalue weighted by Crippen LogP contribution is 2.29. The van der Waals surface area contributed by atoms with E-state index in [-0.39, 0.29) is 22.1 Å². The standard InChI is InChI=1S/C11H8ClFN4O4/c1-2-14-11(18)21-9-5-3-6(13)8(17(19)20)4-7(5)15-10(12)16-9/h3-4H,2H2,1H3,(H,14,18). The van der Waals surface area contributed by atoms with Crippen molar-refractivity contribution in [2.24, 2.45) is 0 Å². The minimum absolute atomic E-state index is 0.00578.